The number of rotatable bonds is 3. The van der Waals surface area contributed by atoms with Crippen LogP contribution < -0.4 is 14.7 Å². The van der Waals surface area contributed by atoms with Gasteiger partial charge in [0.15, 0.2) is 0 Å². The first-order valence-electron chi connectivity index (χ1n) is 7.10. The first-order chi connectivity index (χ1) is 10.6. The molecule has 2 saturated heterocycles. The van der Waals surface area contributed by atoms with Crippen molar-refractivity contribution in [3.63, 3.8) is 0 Å². The third-order valence-corrected chi connectivity index (χ3v) is 4.75. The van der Waals surface area contributed by atoms with Crippen molar-refractivity contribution >= 4 is 17.6 Å². The van der Waals surface area contributed by atoms with Gasteiger partial charge < -0.3 is 24.3 Å². The van der Waals surface area contributed by atoms with E-state index in [-0.39, 0.29) is 12.5 Å². The number of carbonyl (C=O) groups is 2. The minimum absolute atomic E-state index is 0.259. The molecule has 1 aromatic rings. The summed E-state index contributed by atoms with van der Waals surface area (Å²) < 4.78 is 11.1. The second-order valence-corrected chi connectivity index (χ2v) is 5.82. The Kier molecular flexibility index (Phi) is 2.62. The number of hydrogen-bond donors (Lipinski definition) is 0. The number of benzene rings is 1. The highest BCUT2D eigenvalue weighted by Crippen LogP contribution is 2.53. The SMILES string of the molecule is COc1ccccc1N1C[C@]23C=C[C@H](O2)[C@H](C(=O)[O-])[C@@H]3C1=O. The largest absolute Gasteiger partial charge is 0.550 e. The van der Waals surface area contributed by atoms with Crippen LogP contribution in [-0.2, 0) is 14.3 Å². The molecule has 0 saturated carbocycles. The highest BCUT2D eigenvalue weighted by molar-refractivity contribution is 6.03. The summed E-state index contributed by atoms with van der Waals surface area (Å²) in [6, 6.07) is 7.16. The molecule has 4 rings (SSSR count). The summed E-state index contributed by atoms with van der Waals surface area (Å²) >= 11 is 0. The number of ether oxygens (including phenoxy) is 2. The van der Waals surface area contributed by atoms with Crippen LogP contribution in [0.1, 0.15) is 0 Å². The topological polar surface area (TPSA) is 78.9 Å². The quantitative estimate of drug-likeness (QED) is 0.718. The normalized spacial score (nSPS) is 35.0. The lowest BCUT2D eigenvalue weighted by Gasteiger charge is -2.24. The van der Waals surface area contributed by atoms with Crippen molar-refractivity contribution in [1.29, 1.82) is 0 Å². The van der Waals surface area contributed by atoms with E-state index in [2.05, 4.69) is 0 Å². The Morgan fingerprint density at radius 2 is 2.23 bits per heavy atom. The van der Waals surface area contributed by atoms with Gasteiger partial charge in [0.25, 0.3) is 0 Å². The Hall–Kier alpha value is -2.34. The maximum atomic E-state index is 12.8. The zero-order valence-corrected chi connectivity index (χ0v) is 11.9. The van der Waals surface area contributed by atoms with Gasteiger partial charge in [0.05, 0.1) is 31.4 Å². The molecule has 22 heavy (non-hydrogen) atoms. The molecule has 6 heteroatoms. The molecule has 3 heterocycles. The lowest BCUT2D eigenvalue weighted by Crippen LogP contribution is -2.45. The third-order valence-electron chi connectivity index (χ3n) is 4.75. The van der Waals surface area contributed by atoms with Crippen molar-refractivity contribution in [2.45, 2.75) is 11.7 Å². The lowest BCUT2D eigenvalue weighted by molar-refractivity contribution is -0.313. The van der Waals surface area contributed by atoms with E-state index in [0.29, 0.717) is 11.4 Å². The van der Waals surface area contributed by atoms with Gasteiger partial charge in [0.1, 0.15) is 11.4 Å². The number of carboxylic acid groups (broad SMARTS) is 1. The zero-order valence-electron chi connectivity index (χ0n) is 11.9. The molecule has 114 valence electrons. The fourth-order valence-electron chi connectivity index (χ4n) is 3.82. The molecule has 2 fully saturated rings. The van der Waals surface area contributed by atoms with Gasteiger partial charge >= 0.3 is 0 Å². The van der Waals surface area contributed by atoms with Gasteiger partial charge in [-0.3, -0.25) is 4.79 Å². The molecular formula is C16H14NO5-. The summed E-state index contributed by atoms with van der Waals surface area (Å²) in [5.74, 6) is -2.60. The molecule has 3 aliphatic rings. The van der Waals surface area contributed by atoms with Crippen LogP contribution in [0.5, 0.6) is 5.75 Å². The molecule has 3 aliphatic heterocycles. The highest BCUT2D eigenvalue weighted by atomic mass is 16.5. The summed E-state index contributed by atoms with van der Waals surface area (Å²) in [6.45, 7) is 0.285. The number of fused-ring (bicyclic) bond motifs is 1. The molecule has 6 nitrogen and oxygen atoms in total. The Morgan fingerprint density at radius 1 is 1.45 bits per heavy atom. The van der Waals surface area contributed by atoms with Gasteiger partial charge in [0, 0.05) is 11.9 Å². The van der Waals surface area contributed by atoms with Crippen molar-refractivity contribution in [1.82, 2.24) is 0 Å². The molecule has 0 unspecified atom stereocenters. The second kappa shape index (κ2) is 4.33. The fraction of sp³-hybridized carbons (Fsp3) is 0.375. The molecule has 0 aliphatic carbocycles. The summed E-state index contributed by atoms with van der Waals surface area (Å²) in [5, 5.41) is 11.4. The van der Waals surface area contributed by atoms with Gasteiger partial charge in [-0.05, 0) is 12.1 Å². The number of para-hydroxylation sites is 2. The third kappa shape index (κ3) is 1.53. The standard InChI is InChI=1S/C16H15NO5/c1-21-10-5-3-2-4-9(10)17-8-16-7-6-11(22-16)12(15(19)20)13(16)14(17)18/h2-7,11-13H,8H2,1H3,(H,19,20)/p-1/t11-,12-,13+,16-/m0/s1. The van der Waals surface area contributed by atoms with E-state index in [0.717, 1.165) is 0 Å². The number of anilines is 1. The van der Waals surface area contributed by atoms with E-state index in [4.69, 9.17) is 9.47 Å². The first-order valence-corrected chi connectivity index (χ1v) is 7.10. The molecule has 0 aromatic heterocycles. The van der Waals surface area contributed by atoms with E-state index < -0.39 is 29.5 Å². The van der Waals surface area contributed by atoms with Crippen molar-refractivity contribution in [3.05, 3.63) is 36.4 Å². The van der Waals surface area contributed by atoms with Crippen LogP contribution in [0.2, 0.25) is 0 Å². The second-order valence-electron chi connectivity index (χ2n) is 5.82. The Morgan fingerprint density at radius 3 is 2.95 bits per heavy atom. The summed E-state index contributed by atoms with van der Waals surface area (Å²) in [4.78, 5) is 25.8. The van der Waals surface area contributed by atoms with Crippen molar-refractivity contribution < 1.29 is 24.2 Å². The van der Waals surface area contributed by atoms with E-state index in [1.165, 1.54) is 7.11 Å². The number of carboxylic acids is 1. The van der Waals surface area contributed by atoms with Crippen LogP contribution in [0, 0.1) is 11.8 Å². The predicted octanol–water partition coefficient (Wildman–Crippen LogP) is -0.269. The van der Waals surface area contributed by atoms with Gasteiger partial charge in [-0.1, -0.05) is 24.3 Å². The van der Waals surface area contributed by atoms with Gasteiger partial charge in [-0.25, -0.2) is 0 Å². The monoisotopic (exact) mass is 300 g/mol. The van der Waals surface area contributed by atoms with Crippen LogP contribution in [0.15, 0.2) is 36.4 Å². The van der Waals surface area contributed by atoms with E-state index >= 15 is 0 Å². The predicted molar refractivity (Wildman–Crippen MR) is 74.1 cm³/mol. The summed E-state index contributed by atoms with van der Waals surface area (Å²) in [7, 11) is 1.53. The van der Waals surface area contributed by atoms with Gasteiger partial charge in [-0.15, -0.1) is 0 Å². The molecule has 1 spiro atoms. The molecule has 0 N–H and O–H groups in total. The number of hydrogen-bond acceptors (Lipinski definition) is 5. The number of amides is 1. The number of carbonyl (C=O) groups excluding carboxylic acids is 2. The Labute approximate surface area is 126 Å². The number of methoxy groups -OCH3 is 1. The Bertz CT molecular complexity index is 700. The molecule has 2 bridgehead atoms. The van der Waals surface area contributed by atoms with Crippen LogP contribution in [0.4, 0.5) is 5.69 Å². The van der Waals surface area contributed by atoms with E-state index in [9.17, 15) is 14.7 Å². The van der Waals surface area contributed by atoms with Crippen LogP contribution >= 0.6 is 0 Å². The average Bonchev–Trinajstić information content (AvgIpc) is 3.15. The van der Waals surface area contributed by atoms with Crippen molar-refractivity contribution in [2.24, 2.45) is 11.8 Å². The smallest absolute Gasteiger partial charge is 0.234 e. The fourth-order valence-corrected chi connectivity index (χ4v) is 3.82. The lowest BCUT2D eigenvalue weighted by atomic mass is 9.77. The van der Waals surface area contributed by atoms with Gasteiger partial charge in [-0.2, -0.15) is 0 Å². The summed E-state index contributed by atoms with van der Waals surface area (Å²) in [5.41, 5.74) is -0.246. The summed E-state index contributed by atoms with van der Waals surface area (Å²) in [6.07, 6.45) is 2.96. The molecule has 1 amide bonds. The van der Waals surface area contributed by atoms with E-state index in [1.807, 2.05) is 12.1 Å². The zero-order chi connectivity index (χ0) is 15.5. The minimum Gasteiger partial charge on any atom is -0.550 e. The van der Waals surface area contributed by atoms with E-state index in [1.54, 1.807) is 29.2 Å². The number of nitrogens with zero attached hydrogens (tertiary/aromatic N) is 1. The first kappa shape index (κ1) is 13.3. The maximum Gasteiger partial charge on any atom is 0.234 e. The molecular weight excluding hydrogens is 286 g/mol. The minimum atomic E-state index is -1.24. The van der Waals surface area contributed by atoms with Crippen LogP contribution in [0.25, 0.3) is 0 Å². The van der Waals surface area contributed by atoms with Crippen LogP contribution in [0.3, 0.4) is 0 Å². The molecule has 4 atom stereocenters. The van der Waals surface area contributed by atoms with Gasteiger partial charge in [0.2, 0.25) is 5.91 Å². The van der Waals surface area contributed by atoms with Crippen molar-refractivity contribution in [3.8, 4) is 5.75 Å². The number of aliphatic carboxylic acids is 1. The maximum absolute atomic E-state index is 12.8. The van der Waals surface area contributed by atoms with Crippen LogP contribution in [-0.4, -0.2) is 37.2 Å². The van der Waals surface area contributed by atoms with Crippen molar-refractivity contribution in [2.75, 3.05) is 18.6 Å². The highest BCUT2D eigenvalue weighted by Gasteiger charge is 2.65. The Balaban J connectivity index is 1.77. The molecule has 0 radical (unpaired) electrons. The average molecular weight is 300 g/mol. The molecule has 1 aromatic carbocycles.